The summed E-state index contributed by atoms with van der Waals surface area (Å²) in [7, 11) is -3.61. The van der Waals surface area contributed by atoms with E-state index in [1.807, 2.05) is 19.9 Å². The van der Waals surface area contributed by atoms with Gasteiger partial charge in [0.05, 0.1) is 11.9 Å². The van der Waals surface area contributed by atoms with E-state index in [0.29, 0.717) is 5.69 Å². The largest absolute Gasteiger partial charge is 0.350 e. The zero-order chi connectivity index (χ0) is 18.6. The number of hydrogen-bond donors (Lipinski definition) is 1. The van der Waals surface area contributed by atoms with Crippen LogP contribution in [-0.2, 0) is 21.4 Å². The molecule has 0 radical (unpaired) electrons. The molecule has 1 N–H and O–H groups in total. The topological polar surface area (TPSA) is 66.5 Å². The maximum absolute atomic E-state index is 12.9. The van der Waals surface area contributed by atoms with Crippen molar-refractivity contribution < 1.29 is 17.6 Å². The molecular weight excluding hydrogens is 343 g/mol. The van der Waals surface area contributed by atoms with Crippen LogP contribution in [-0.4, -0.2) is 27.1 Å². The van der Waals surface area contributed by atoms with Gasteiger partial charge in [0, 0.05) is 6.54 Å². The standard InChI is InChI=1S/C18H21FN2O3S/c1-13-8-14(2)10-17(9-13)21(25(3,23)24)12-18(22)20-11-15-4-6-16(19)7-5-15/h4-10H,11-12H2,1-3H3,(H,20,22). The van der Waals surface area contributed by atoms with Crippen LogP contribution < -0.4 is 9.62 Å². The molecule has 0 heterocycles. The molecule has 1 amide bonds. The van der Waals surface area contributed by atoms with Crippen LogP contribution in [0.25, 0.3) is 0 Å². The van der Waals surface area contributed by atoms with E-state index in [9.17, 15) is 17.6 Å². The van der Waals surface area contributed by atoms with Crippen LogP contribution >= 0.6 is 0 Å². The van der Waals surface area contributed by atoms with Crippen molar-refractivity contribution in [2.24, 2.45) is 0 Å². The summed E-state index contributed by atoms with van der Waals surface area (Å²) < 4.78 is 38.2. The molecule has 7 heteroatoms. The van der Waals surface area contributed by atoms with Gasteiger partial charge < -0.3 is 5.32 Å². The fraction of sp³-hybridized carbons (Fsp3) is 0.278. The number of nitrogens with one attached hydrogen (secondary N) is 1. The Morgan fingerprint density at radius 3 is 2.16 bits per heavy atom. The van der Waals surface area contributed by atoms with Gasteiger partial charge in [0.15, 0.2) is 0 Å². The molecule has 5 nitrogen and oxygen atoms in total. The number of sulfonamides is 1. The monoisotopic (exact) mass is 364 g/mol. The quantitative estimate of drug-likeness (QED) is 0.857. The summed E-state index contributed by atoms with van der Waals surface area (Å²) >= 11 is 0. The molecule has 25 heavy (non-hydrogen) atoms. The van der Waals surface area contributed by atoms with Crippen LogP contribution in [0, 0.1) is 19.7 Å². The van der Waals surface area contributed by atoms with E-state index < -0.39 is 15.9 Å². The van der Waals surface area contributed by atoms with E-state index in [2.05, 4.69) is 5.32 Å². The Balaban J connectivity index is 2.11. The number of halogens is 1. The summed E-state index contributed by atoms with van der Waals surface area (Å²) in [6, 6.07) is 11.1. The minimum atomic E-state index is -3.61. The molecule has 0 aliphatic carbocycles. The van der Waals surface area contributed by atoms with E-state index in [1.54, 1.807) is 24.3 Å². The Hall–Kier alpha value is -2.41. The number of rotatable bonds is 6. The Labute approximate surface area is 147 Å². The summed E-state index contributed by atoms with van der Waals surface area (Å²) in [5.74, 6) is -0.790. The summed E-state index contributed by atoms with van der Waals surface area (Å²) in [5, 5.41) is 2.65. The van der Waals surface area contributed by atoms with Gasteiger partial charge >= 0.3 is 0 Å². The molecule has 2 rings (SSSR count). The number of anilines is 1. The molecule has 0 aliphatic heterocycles. The SMILES string of the molecule is Cc1cc(C)cc(N(CC(=O)NCc2ccc(F)cc2)S(C)(=O)=O)c1. The minimum absolute atomic E-state index is 0.198. The second-order valence-electron chi connectivity index (χ2n) is 6.02. The lowest BCUT2D eigenvalue weighted by molar-refractivity contribution is -0.119. The average Bonchev–Trinajstić information content (AvgIpc) is 2.50. The highest BCUT2D eigenvalue weighted by Gasteiger charge is 2.21. The molecular formula is C18H21FN2O3S. The first-order valence-corrected chi connectivity index (χ1v) is 9.57. The van der Waals surface area contributed by atoms with Gasteiger partial charge in [0.1, 0.15) is 12.4 Å². The fourth-order valence-electron chi connectivity index (χ4n) is 2.48. The Morgan fingerprint density at radius 2 is 1.64 bits per heavy atom. The van der Waals surface area contributed by atoms with E-state index in [0.717, 1.165) is 27.3 Å². The Bertz CT molecular complexity index is 844. The van der Waals surface area contributed by atoms with E-state index in [1.165, 1.54) is 12.1 Å². The van der Waals surface area contributed by atoms with Gasteiger partial charge in [-0.25, -0.2) is 12.8 Å². The number of carbonyl (C=O) groups excluding carboxylic acids is 1. The molecule has 2 aromatic carbocycles. The number of amides is 1. The van der Waals surface area contributed by atoms with Crippen molar-refractivity contribution in [1.82, 2.24) is 5.32 Å². The number of nitrogens with zero attached hydrogens (tertiary/aromatic N) is 1. The molecule has 0 aromatic heterocycles. The lowest BCUT2D eigenvalue weighted by Crippen LogP contribution is -2.40. The third-order valence-electron chi connectivity index (χ3n) is 3.58. The normalized spacial score (nSPS) is 11.2. The average molecular weight is 364 g/mol. The number of carbonyl (C=O) groups is 1. The first kappa shape index (κ1) is 18.9. The molecule has 0 atom stereocenters. The minimum Gasteiger partial charge on any atom is -0.350 e. The Kier molecular flexibility index (Phi) is 5.79. The molecule has 134 valence electrons. The zero-order valence-electron chi connectivity index (χ0n) is 14.4. The van der Waals surface area contributed by atoms with Gasteiger partial charge in [0.2, 0.25) is 15.9 Å². The highest BCUT2D eigenvalue weighted by Crippen LogP contribution is 2.21. The van der Waals surface area contributed by atoms with Gasteiger partial charge in [-0.1, -0.05) is 18.2 Å². The zero-order valence-corrected chi connectivity index (χ0v) is 15.2. The summed E-state index contributed by atoms with van der Waals surface area (Å²) in [6.45, 7) is 3.61. The van der Waals surface area contributed by atoms with Crippen molar-refractivity contribution in [2.45, 2.75) is 20.4 Å². The highest BCUT2D eigenvalue weighted by atomic mass is 32.2. The maximum Gasteiger partial charge on any atom is 0.241 e. The summed E-state index contributed by atoms with van der Waals surface area (Å²) in [6.07, 6.45) is 1.07. The smallest absolute Gasteiger partial charge is 0.241 e. The van der Waals surface area contributed by atoms with Crippen molar-refractivity contribution in [3.8, 4) is 0 Å². The number of hydrogen-bond acceptors (Lipinski definition) is 3. The van der Waals surface area contributed by atoms with E-state index in [4.69, 9.17) is 0 Å². The lowest BCUT2D eigenvalue weighted by Gasteiger charge is -2.22. The third kappa shape index (κ3) is 5.56. The van der Waals surface area contributed by atoms with Crippen LogP contribution in [0.2, 0.25) is 0 Å². The number of aryl methyl sites for hydroxylation is 2. The second kappa shape index (κ2) is 7.65. The van der Waals surface area contributed by atoms with Crippen molar-refractivity contribution >= 4 is 21.6 Å². The Morgan fingerprint density at radius 1 is 1.08 bits per heavy atom. The van der Waals surface area contributed by atoms with Crippen molar-refractivity contribution in [2.75, 3.05) is 17.1 Å². The van der Waals surface area contributed by atoms with Crippen LogP contribution in [0.3, 0.4) is 0 Å². The predicted molar refractivity (Wildman–Crippen MR) is 96.4 cm³/mol. The molecule has 0 bridgehead atoms. The second-order valence-corrected chi connectivity index (χ2v) is 7.93. The number of benzene rings is 2. The summed E-state index contributed by atoms with van der Waals surface area (Å²) in [4.78, 5) is 12.2. The van der Waals surface area contributed by atoms with E-state index in [-0.39, 0.29) is 18.9 Å². The molecule has 0 aliphatic rings. The van der Waals surface area contributed by atoms with Gasteiger partial charge in [-0.15, -0.1) is 0 Å². The molecule has 0 saturated carbocycles. The van der Waals surface area contributed by atoms with Gasteiger partial charge in [0.25, 0.3) is 0 Å². The molecule has 0 fully saturated rings. The highest BCUT2D eigenvalue weighted by molar-refractivity contribution is 7.92. The first-order chi connectivity index (χ1) is 11.6. The molecule has 0 spiro atoms. The van der Waals surface area contributed by atoms with Gasteiger partial charge in [-0.05, 0) is 54.8 Å². The van der Waals surface area contributed by atoms with Crippen molar-refractivity contribution in [1.29, 1.82) is 0 Å². The van der Waals surface area contributed by atoms with Crippen LogP contribution in [0.5, 0.6) is 0 Å². The van der Waals surface area contributed by atoms with Crippen LogP contribution in [0.15, 0.2) is 42.5 Å². The molecule has 0 saturated heterocycles. The first-order valence-electron chi connectivity index (χ1n) is 7.72. The third-order valence-corrected chi connectivity index (χ3v) is 4.73. The maximum atomic E-state index is 12.9. The van der Waals surface area contributed by atoms with Crippen molar-refractivity contribution in [3.05, 3.63) is 65.0 Å². The molecule has 2 aromatic rings. The van der Waals surface area contributed by atoms with Crippen LogP contribution in [0.4, 0.5) is 10.1 Å². The predicted octanol–water partition coefficient (Wildman–Crippen LogP) is 2.52. The van der Waals surface area contributed by atoms with Crippen LogP contribution in [0.1, 0.15) is 16.7 Å². The van der Waals surface area contributed by atoms with Crippen molar-refractivity contribution in [3.63, 3.8) is 0 Å². The summed E-state index contributed by atoms with van der Waals surface area (Å²) in [5.41, 5.74) is 3.01. The van der Waals surface area contributed by atoms with Gasteiger partial charge in [-0.2, -0.15) is 0 Å². The fourth-order valence-corrected chi connectivity index (χ4v) is 3.32. The lowest BCUT2D eigenvalue weighted by atomic mass is 10.1. The van der Waals surface area contributed by atoms with Gasteiger partial charge in [-0.3, -0.25) is 9.10 Å². The van der Waals surface area contributed by atoms with E-state index >= 15 is 0 Å². The molecule has 0 unspecified atom stereocenters.